The fourth-order valence-electron chi connectivity index (χ4n) is 2.90. The number of aromatic nitrogens is 2. The highest BCUT2D eigenvalue weighted by molar-refractivity contribution is 5.76. The third kappa shape index (κ3) is 5.59. The minimum atomic E-state index is -0.250. The van der Waals surface area contributed by atoms with Crippen molar-refractivity contribution in [2.45, 2.75) is 24.9 Å². The van der Waals surface area contributed by atoms with Crippen LogP contribution in [-0.2, 0) is 25.5 Å². The number of aromatic amines is 1. The zero-order valence-electron chi connectivity index (χ0n) is 13.5. The minimum Gasteiger partial charge on any atom is -0.483 e. The number of nitrogens with one attached hydrogen (secondary N) is 2. The number of nitrogens with zero attached hydrogens (tertiary/aromatic N) is 2. The van der Waals surface area contributed by atoms with Gasteiger partial charge in [-0.05, 0) is 12.0 Å². The Morgan fingerprint density at radius 2 is 2.17 bits per heavy atom. The van der Waals surface area contributed by atoms with Gasteiger partial charge in [0.2, 0.25) is 5.91 Å². The van der Waals surface area contributed by atoms with Gasteiger partial charge in [0.1, 0.15) is 0 Å². The largest absolute Gasteiger partial charge is 0.483 e. The summed E-state index contributed by atoms with van der Waals surface area (Å²) in [6, 6.07) is 0.353. The molecule has 2 aliphatic heterocycles. The number of morpholine rings is 1. The summed E-state index contributed by atoms with van der Waals surface area (Å²) in [5, 5.41) is 16.6. The van der Waals surface area contributed by atoms with Crippen molar-refractivity contribution in [3.05, 3.63) is 18.0 Å². The van der Waals surface area contributed by atoms with Gasteiger partial charge < -0.3 is 19.9 Å². The molecule has 24 heavy (non-hydrogen) atoms. The predicted molar refractivity (Wildman–Crippen MR) is 84.5 cm³/mol. The van der Waals surface area contributed by atoms with Crippen molar-refractivity contribution < 1.29 is 24.2 Å². The van der Waals surface area contributed by atoms with E-state index in [1.54, 1.807) is 6.20 Å². The number of hydrogen-bond donors (Lipinski definition) is 3. The van der Waals surface area contributed by atoms with Gasteiger partial charge in [-0.2, -0.15) is 5.10 Å². The Hall–Kier alpha value is -1.97. The molecule has 2 saturated heterocycles. The monoisotopic (exact) mass is 340 g/mol. The molecule has 0 unspecified atom stereocenters. The maximum absolute atomic E-state index is 12.1. The zero-order valence-corrected chi connectivity index (χ0v) is 13.5. The highest BCUT2D eigenvalue weighted by Gasteiger charge is 2.34. The standard InChI is InChI=1S/C14H22N4O3.CH2O2/c19-14(2-1-11-7-15-16-8-11)17-12-9-21-10-13(12)18-3-5-20-6-4-18;2-1-3/h7-8,12-13H,1-6,9-10H2,(H,15,16)(H,17,19);1H,(H,2,3)/t12-,13-;/m0./s1. The Balaban J connectivity index is 0.000000647. The lowest BCUT2D eigenvalue weighted by atomic mass is 10.1. The van der Waals surface area contributed by atoms with E-state index in [1.807, 2.05) is 6.20 Å². The zero-order chi connectivity index (χ0) is 17.2. The number of carbonyl (C=O) groups is 2. The summed E-state index contributed by atoms with van der Waals surface area (Å²) < 4.78 is 10.9. The number of H-pyrrole nitrogens is 1. The number of aryl methyl sites for hydroxylation is 1. The van der Waals surface area contributed by atoms with Crippen LogP contribution in [0.2, 0.25) is 0 Å². The molecule has 0 radical (unpaired) electrons. The first-order valence-electron chi connectivity index (χ1n) is 7.99. The summed E-state index contributed by atoms with van der Waals surface area (Å²) in [6.45, 7) is 4.38. The Bertz CT molecular complexity index is 490. The van der Waals surface area contributed by atoms with Crippen molar-refractivity contribution in [2.75, 3.05) is 39.5 Å². The number of hydrogen-bond acceptors (Lipinski definition) is 6. The molecule has 0 bridgehead atoms. The molecule has 3 N–H and O–H groups in total. The topological polar surface area (TPSA) is 117 Å². The van der Waals surface area contributed by atoms with E-state index in [0.29, 0.717) is 26.1 Å². The average molecular weight is 340 g/mol. The van der Waals surface area contributed by atoms with Crippen molar-refractivity contribution in [1.82, 2.24) is 20.4 Å². The van der Waals surface area contributed by atoms with Crippen LogP contribution in [0.5, 0.6) is 0 Å². The second-order valence-corrected chi connectivity index (χ2v) is 5.64. The van der Waals surface area contributed by atoms with Crippen LogP contribution in [0.1, 0.15) is 12.0 Å². The smallest absolute Gasteiger partial charge is 0.290 e. The normalized spacial score (nSPS) is 24.0. The molecular weight excluding hydrogens is 316 g/mol. The maximum atomic E-state index is 12.1. The van der Waals surface area contributed by atoms with Crippen molar-refractivity contribution in [1.29, 1.82) is 0 Å². The van der Waals surface area contributed by atoms with E-state index in [0.717, 1.165) is 31.9 Å². The van der Waals surface area contributed by atoms with Gasteiger partial charge in [0.25, 0.3) is 6.47 Å². The highest BCUT2D eigenvalue weighted by atomic mass is 16.5. The summed E-state index contributed by atoms with van der Waals surface area (Å²) in [5.74, 6) is 0.0740. The maximum Gasteiger partial charge on any atom is 0.290 e. The van der Waals surface area contributed by atoms with Gasteiger partial charge in [0.05, 0.1) is 44.7 Å². The fraction of sp³-hybridized carbons (Fsp3) is 0.667. The first-order valence-corrected chi connectivity index (χ1v) is 7.99. The lowest BCUT2D eigenvalue weighted by Gasteiger charge is -2.34. The van der Waals surface area contributed by atoms with Crippen LogP contribution in [-0.4, -0.2) is 84.2 Å². The van der Waals surface area contributed by atoms with Gasteiger partial charge >= 0.3 is 0 Å². The van der Waals surface area contributed by atoms with Crippen LogP contribution in [0.15, 0.2) is 12.4 Å². The van der Waals surface area contributed by atoms with Gasteiger partial charge in [-0.25, -0.2) is 0 Å². The van der Waals surface area contributed by atoms with Crippen molar-refractivity contribution in [3.63, 3.8) is 0 Å². The molecule has 1 aromatic rings. The highest BCUT2D eigenvalue weighted by Crippen LogP contribution is 2.15. The molecule has 0 aromatic carbocycles. The molecule has 1 amide bonds. The van der Waals surface area contributed by atoms with Crippen molar-refractivity contribution in [3.8, 4) is 0 Å². The molecule has 3 rings (SSSR count). The van der Waals surface area contributed by atoms with Crippen LogP contribution in [0.4, 0.5) is 0 Å². The van der Waals surface area contributed by atoms with Crippen molar-refractivity contribution in [2.24, 2.45) is 0 Å². The quantitative estimate of drug-likeness (QED) is 0.604. The second kappa shape index (κ2) is 10.0. The molecule has 9 heteroatoms. The van der Waals surface area contributed by atoms with Crippen LogP contribution in [0.25, 0.3) is 0 Å². The SMILES string of the molecule is O=C(CCc1cn[nH]c1)N[C@H]1COC[C@@H]1N1CCOCC1.O=CO. The van der Waals surface area contributed by atoms with E-state index < -0.39 is 0 Å². The van der Waals surface area contributed by atoms with Gasteiger partial charge in [-0.1, -0.05) is 0 Å². The summed E-state index contributed by atoms with van der Waals surface area (Å²) in [7, 11) is 0. The third-order valence-corrected chi connectivity index (χ3v) is 4.11. The van der Waals surface area contributed by atoms with Crippen LogP contribution in [0, 0.1) is 0 Å². The van der Waals surface area contributed by atoms with E-state index >= 15 is 0 Å². The third-order valence-electron chi connectivity index (χ3n) is 4.11. The number of carbonyl (C=O) groups excluding carboxylic acids is 1. The average Bonchev–Trinajstić information content (AvgIpc) is 3.26. The van der Waals surface area contributed by atoms with E-state index in [-0.39, 0.29) is 24.5 Å². The molecule has 0 aliphatic carbocycles. The van der Waals surface area contributed by atoms with E-state index in [4.69, 9.17) is 19.4 Å². The summed E-state index contributed by atoms with van der Waals surface area (Å²) in [6.07, 6.45) is 4.76. The van der Waals surface area contributed by atoms with Crippen LogP contribution in [0.3, 0.4) is 0 Å². The fourth-order valence-corrected chi connectivity index (χ4v) is 2.90. The van der Waals surface area contributed by atoms with Gasteiger partial charge in [-0.3, -0.25) is 19.6 Å². The van der Waals surface area contributed by atoms with E-state index in [2.05, 4.69) is 20.4 Å². The number of amides is 1. The van der Waals surface area contributed by atoms with Crippen LogP contribution < -0.4 is 5.32 Å². The Morgan fingerprint density at radius 1 is 1.42 bits per heavy atom. The number of carboxylic acid groups (broad SMARTS) is 1. The number of rotatable bonds is 5. The molecule has 2 fully saturated rings. The molecule has 1 aromatic heterocycles. The Labute approximate surface area is 140 Å². The predicted octanol–water partition coefficient (Wildman–Crippen LogP) is -0.741. The summed E-state index contributed by atoms with van der Waals surface area (Å²) in [5.41, 5.74) is 1.05. The van der Waals surface area contributed by atoms with E-state index in [1.165, 1.54) is 0 Å². The lowest BCUT2D eigenvalue weighted by molar-refractivity contribution is -0.123. The molecule has 3 heterocycles. The molecular formula is C15H24N4O5. The molecule has 134 valence electrons. The van der Waals surface area contributed by atoms with Gasteiger partial charge in [-0.15, -0.1) is 0 Å². The lowest BCUT2D eigenvalue weighted by Crippen LogP contribution is -2.54. The molecule has 0 spiro atoms. The molecule has 2 atom stereocenters. The van der Waals surface area contributed by atoms with Crippen LogP contribution >= 0.6 is 0 Å². The Kier molecular flexibility index (Phi) is 7.66. The van der Waals surface area contributed by atoms with E-state index in [9.17, 15) is 4.79 Å². The summed E-state index contributed by atoms with van der Waals surface area (Å²) in [4.78, 5) is 22.8. The number of ether oxygens (including phenoxy) is 2. The molecule has 2 aliphatic rings. The second-order valence-electron chi connectivity index (χ2n) is 5.64. The van der Waals surface area contributed by atoms with Gasteiger partial charge in [0, 0.05) is 25.7 Å². The minimum absolute atomic E-state index is 0.0740. The Morgan fingerprint density at radius 3 is 2.83 bits per heavy atom. The van der Waals surface area contributed by atoms with Crippen molar-refractivity contribution >= 4 is 12.4 Å². The molecule has 9 nitrogen and oxygen atoms in total. The summed E-state index contributed by atoms with van der Waals surface area (Å²) >= 11 is 0. The van der Waals surface area contributed by atoms with Gasteiger partial charge in [0.15, 0.2) is 0 Å². The molecule has 0 saturated carbocycles. The first-order chi connectivity index (χ1) is 11.7. The first kappa shape index (κ1) is 18.4.